The Balaban J connectivity index is 2.12. The van der Waals surface area contributed by atoms with E-state index in [4.69, 9.17) is 4.74 Å². The average Bonchev–Trinajstić information content (AvgIpc) is 2.82. The number of hydrogen-bond donors (Lipinski definition) is 0. The molecule has 0 spiro atoms. The van der Waals surface area contributed by atoms with Gasteiger partial charge in [0.15, 0.2) is 0 Å². The van der Waals surface area contributed by atoms with Gasteiger partial charge in [0.1, 0.15) is 6.10 Å². The van der Waals surface area contributed by atoms with Gasteiger partial charge < -0.3 is 4.74 Å². The Bertz CT molecular complexity index is 442. The highest BCUT2D eigenvalue weighted by atomic mass is 16.5. The van der Waals surface area contributed by atoms with Crippen molar-refractivity contribution >= 4 is 12.0 Å². The largest absolute Gasteiger partial charge is 0.459 e. The maximum absolute atomic E-state index is 11.9. The van der Waals surface area contributed by atoms with Crippen LogP contribution in [0.2, 0.25) is 0 Å². The molecule has 1 aromatic carbocycles. The van der Waals surface area contributed by atoms with E-state index in [1.807, 2.05) is 32.0 Å². The molecule has 0 bridgehead atoms. The molecular formula is C15H18O2. The molecule has 2 heteroatoms. The molecule has 2 nitrogen and oxygen atoms in total. The predicted octanol–water partition coefficient (Wildman–Crippen LogP) is 3.60. The van der Waals surface area contributed by atoms with Gasteiger partial charge in [-0.1, -0.05) is 32.1 Å². The van der Waals surface area contributed by atoms with Crippen molar-refractivity contribution in [3.05, 3.63) is 41.0 Å². The van der Waals surface area contributed by atoms with Crippen LogP contribution in [0.3, 0.4) is 0 Å². The Morgan fingerprint density at radius 2 is 2.12 bits per heavy atom. The summed E-state index contributed by atoms with van der Waals surface area (Å²) in [6.45, 7) is 4.07. The second-order valence-corrected chi connectivity index (χ2v) is 4.36. The van der Waals surface area contributed by atoms with Crippen LogP contribution in [0, 0.1) is 0 Å². The van der Waals surface area contributed by atoms with Gasteiger partial charge in [-0.3, -0.25) is 0 Å². The lowest BCUT2D eigenvalue weighted by Gasteiger charge is -2.14. The molecule has 1 aliphatic rings. The van der Waals surface area contributed by atoms with Crippen LogP contribution in [-0.4, -0.2) is 12.1 Å². The summed E-state index contributed by atoms with van der Waals surface area (Å²) in [7, 11) is 0. The quantitative estimate of drug-likeness (QED) is 0.739. The van der Waals surface area contributed by atoms with Gasteiger partial charge in [0.25, 0.3) is 0 Å². The Kier molecular flexibility index (Phi) is 3.62. The number of rotatable bonds is 4. The van der Waals surface area contributed by atoms with Gasteiger partial charge in [0, 0.05) is 0 Å². The predicted molar refractivity (Wildman–Crippen MR) is 69.0 cm³/mol. The molecular weight excluding hydrogens is 212 g/mol. The minimum absolute atomic E-state index is 0.0336. The lowest BCUT2D eigenvalue weighted by molar-refractivity contribution is 0.0284. The van der Waals surface area contributed by atoms with E-state index in [0.717, 1.165) is 24.8 Å². The monoisotopic (exact) mass is 230 g/mol. The zero-order chi connectivity index (χ0) is 12.3. The molecule has 0 saturated carbocycles. The number of ether oxygens (including phenoxy) is 1. The third-order valence-corrected chi connectivity index (χ3v) is 3.20. The van der Waals surface area contributed by atoms with Crippen molar-refractivity contribution in [2.45, 2.75) is 39.2 Å². The fourth-order valence-electron chi connectivity index (χ4n) is 2.05. The zero-order valence-corrected chi connectivity index (χ0v) is 10.4. The van der Waals surface area contributed by atoms with Gasteiger partial charge in [-0.15, -0.1) is 0 Å². The highest BCUT2D eigenvalue weighted by Crippen LogP contribution is 2.21. The summed E-state index contributed by atoms with van der Waals surface area (Å²) in [5.74, 6) is -0.207. The van der Waals surface area contributed by atoms with Crippen molar-refractivity contribution in [3.63, 3.8) is 0 Å². The van der Waals surface area contributed by atoms with Gasteiger partial charge in [-0.05, 0) is 42.5 Å². The van der Waals surface area contributed by atoms with Crippen LogP contribution in [0.5, 0.6) is 0 Å². The Morgan fingerprint density at radius 3 is 2.82 bits per heavy atom. The first kappa shape index (κ1) is 11.9. The van der Waals surface area contributed by atoms with Crippen molar-refractivity contribution in [2.75, 3.05) is 0 Å². The van der Waals surface area contributed by atoms with Crippen LogP contribution in [0.4, 0.5) is 0 Å². The fraction of sp³-hybridized carbons (Fsp3) is 0.400. The van der Waals surface area contributed by atoms with Crippen LogP contribution >= 0.6 is 0 Å². The van der Waals surface area contributed by atoms with Gasteiger partial charge in [-0.2, -0.15) is 0 Å². The molecule has 2 rings (SSSR count). The van der Waals surface area contributed by atoms with Gasteiger partial charge in [0.2, 0.25) is 0 Å². The Morgan fingerprint density at radius 1 is 1.35 bits per heavy atom. The van der Waals surface area contributed by atoms with E-state index in [-0.39, 0.29) is 12.1 Å². The van der Waals surface area contributed by atoms with E-state index in [0.29, 0.717) is 5.56 Å². The summed E-state index contributed by atoms with van der Waals surface area (Å²) < 4.78 is 5.43. The fourth-order valence-corrected chi connectivity index (χ4v) is 2.05. The molecule has 0 N–H and O–H groups in total. The minimum Gasteiger partial charge on any atom is -0.459 e. The maximum atomic E-state index is 11.9. The van der Waals surface area contributed by atoms with Gasteiger partial charge in [0.05, 0.1) is 5.56 Å². The minimum atomic E-state index is -0.207. The van der Waals surface area contributed by atoms with Crippen molar-refractivity contribution < 1.29 is 9.53 Å². The van der Waals surface area contributed by atoms with Crippen molar-refractivity contribution in [3.8, 4) is 0 Å². The van der Waals surface area contributed by atoms with E-state index in [1.54, 1.807) is 0 Å². The molecule has 1 aliphatic carbocycles. The van der Waals surface area contributed by atoms with Crippen molar-refractivity contribution in [2.24, 2.45) is 0 Å². The first-order chi connectivity index (χ1) is 8.24. The number of carbonyl (C=O) groups is 1. The molecule has 0 atom stereocenters. The van der Waals surface area contributed by atoms with E-state index in [2.05, 4.69) is 12.2 Å². The number of hydrogen-bond acceptors (Lipinski definition) is 2. The second-order valence-electron chi connectivity index (χ2n) is 4.36. The summed E-state index contributed by atoms with van der Waals surface area (Å²) in [5, 5.41) is 0. The van der Waals surface area contributed by atoms with E-state index in [9.17, 15) is 4.79 Å². The van der Waals surface area contributed by atoms with Crippen LogP contribution in [0.25, 0.3) is 6.08 Å². The van der Waals surface area contributed by atoms with E-state index < -0.39 is 0 Å². The van der Waals surface area contributed by atoms with E-state index in [1.165, 1.54) is 5.56 Å². The van der Waals surface area contributed by atoms with Crippen molar-refractivity contribution in [1.29, 1.82) is 0 Å². The molecule has 0 saturated heterocycles. The molecule has 17 heavy (non-hydrogen) atoms. The number of carbonyl (C=O) groups excluding carboxylic acids is 1. The van der Waals surface area contributed by atoms with Crippen LogP contribution < -0.4 is 0 Å². The number of allylic oxidation sites excluding steroid dienone is 1. The van der Waals surface area contributed by atoms with Crippen LogP contribution in [-0.2, 0) is 11.2 Å². The SMILES string of the molecule is CCC(CC)OC(=O)c1ccc2c(c1)C=CC2. The summed E-state index contributed by atoms with van der Waals surface area (Å²) in [6.07, 6.45) is 6.91. The summed E-state index contributed by atoms with van der Waals surface area (Å²) in [6, 6.07) is 5.79. The van der Waals surface area contributed by atoms with Crippen LogP contribution in [0.15, 0.2) is 24.3 Å². The Labute approximate surface area is 102 Å². The standard InChI is InChI=1S/C15H18O2/c1-3-14(4-2)17-15(16)13-9-8-11-6-5-7-12(11)10-13/h5,7-10,14H,3-4,6H2,1-2H3. The van der Waals surface area contributed by atoms with Crippen LogP contribution in [0.1, 0.15) is 48.2 Å². The first-order valence-electron chi connectivity index (χ1n) is 6.25. The molecule has 0 aliphatic heterocycles. The summed E-state index contributed by atoms with van der Waals surface area (Å²) >= 11 is 0. The molecule has 0 heterocycles. The molecule has 0 unspecified atom stereocenters. The summed E-state index contributed by atoms with van der Waals surface area (Å²) in [4.78, 5) is 11.9. The highest BCUT2D eigenvalue weighted by Gasteiger charge is 2.14. The number of benzene rings is 1. The number of esters is 1. The third-order valence-electron chi connectivity index (χ3n) is 3.20. The normalized spacial score (nSPS) is 12.9. The van der Waals surface area contributed by atoms with E-state index >= 15 is 0 Å². The van der Waals surface area contributed by atoms with Crippen molar-refractivity contribution in [1.82, 2.24) is 0 Å². The molecule has 0 fully saturated rings. The highest BCUT2D eigenvalue weighted by molar-refractivity contribution is 5.90. The average molecular weight is 230 g/mol. The molecule has 0 amide bonds. The zero-order valence-electron chi connectivity index (χ0n) is 10.4. The second kappa shape index (κ2) is 5.17. The third kappa shape index (κ3) is 2.57. The molecule has 1 aromatic rings. The Hall–Kier alpha value is -1.57. The smallest absolute Gasteiger partial charge is 0.338 e. The first-order valence-corrected chi connectivity index (χ1v) is 6.25. The lowest BCUT2D eigenvalue weighted by atomic mass is 10.1. The van der Waals surface area contributed by atoms with Gasteiger partial charge >= 0.3 is 5.97 Å². The molecule has 90 valence electrons. The summed E-state index contributed by atoms with van der Waals surface area (Å²) in [5.41, 5.74) is 3.08. The molecule has 0 radical (unpaired) electrons. The number of fused-ring (bicyclic) bond motifs is 1. The van der Waals surface area contributed by atoms with Gasteiger partial charge in [-0.25, -0.2) is 4.79 Å². The molecule has 0 aromatic heterocycles. The lowest BCUT2D eigenvalue weighted by Crippen LogP contribution is -2.16. The topological polar surface area (TPSA) is 26.3 Å². The maximum Gasteiger partial charge on any atom is 0.338 e.